The number of aryl methyl sites for hydroxylation is 1. The number of carbonyl (C=O) groups excluding carboxylic acids is 2. The summed E-state index contributed by atoms with van der Waals surface area (Å²) in [6.07, 6.45) is 4.18. The van der Waals surface area contributed by atoms with Crippen molar-refractivity contribution in [3.05, 3.63) is 45.9 Å². The van der Waals surface area contributed by atoms with Gasteiger partial charge >= 0.3 is 0 Å². The zero-order valence-corrected chi connectivity index (χ0v) is 16.8. The molecule has 0 radical (unpaired) electrons. The van der Waals surface area contributed by atoms with Gasteiger partial charge in [0.1, 0.15) is 5.69 Å². The van der Waals surface area contributed by atoms with Crippen molar-refractivity contribution in [2.24, 2.45) is 5.73 Å². The lowest BCUT2D eigenvalue weighted by Crippen LogP contribution is -2.27. The van der Waals surface area contributed by atoms with E-state index in [1.54, 1.807) is 5.38 Å². The normalized spacial score (nSPS) is 13.3. The Labute approximate surface area is 169 Å². The van der Waals surface area contributed by atoms with Crippen LogP contribution in [0.2, 0.25) is 0 Å². The molecule has 0 spiro atoms. The second-order valence-electron chi connectivity index (χ2n) is 6.40. The molecule has 0 saturated carbocycles. The summed E-state index contributed by atoms with van der Waals surface area (Å²) in [6, 6.07) is 7.63. The Morgan fingerprint density at radius 1 is 1.15 bits per heavy atom. The van der Waals surface area contributed by atoms with Crippen molar-refractivity contribution >= 4 is 41.2 Å². The highest BCUT2D eigenvalue weighted by atomic mass is 35.5. The molecule has 6 nitrogen and oxygen atoms in total. The fraction of sp³-hybridized carbons (Fsp3) is 0.421. The molecule has 2 amide bonds. The Morgan fingerprint density at radius 2 is 1.85 bits per heavy atom. The van der Waals surface area contributed by atoms with Crippen LogP contribution in [0.3, 0.4) is 0 Å². The van der Waals surface area contributed by atoms with E-state index in [4.69, 9.17) is 5.73 Å². The third-order valence-corrected chi connectivity index (χ3v) is 5.35. The molecule has 3 N–H and O–H groups in total. The van der Waals surface area contributed by atoms with Crippen LogP contribution in [0, 0.1) is 0 Å². The molecular formula is C19H25ClN4O2S. The van der Waals surface area contributed by atoms with Crippen molar-refractivity contribution < 1.29 is 9.59 Å². The molecule has 1 aliphatic heterocycles. The van der Waals surface area contributed by atoms with Gasteiger partial charge in [-0.15, -0.1) is 23.7 Å². The maximum atomic E-state index is 12.2. The third kappa shape index (κ3) is 6.02. The number of nitrogens with zero attached hydrogens (tertiary/aromatic N) is 2. The average molecular weight is 409 g/mol. The Balaban J connectivity index is 0.00000261. The van der Waals surface area contributed by atoms with Gasteiger partial charge in [-0.2, -0.15) is 0 Å². The molecule has 0 aliphatic carbocycles. The number of nitrogens with one attached hydrogen (secondary N) is 1. The fourth-order valence-electron chi connectivity index (χ4n) is 2.98. The van der Waals surface area contributed by atoms with E-state index in [1.807, 2.05) is 29.2 Å². The smallest absolute Gasteiger partial charge is 0.275 e. The Hall–Kier alpha value is -1.96. The number of rotatable bonds is 7. The van der Waals surface area contributed by atoms with Gasteiger partial charge in [-0.3, -0.25) is 9.59 Å². The van der Waals surface area contributed by atoms with Gasteiger partial charge in [0.2, 0.25) is 5.91 Å². The minimum atomic E-state index is -0.221. The standard InChI is InChI=1S/C19H24N4O2S.ClH/c20-10-9-17-22-16(13-26-17)19(25)21-15-6-3-14(4-7-15)5-8-18(24)23-11-1-2-12-23;/h3-4,6-7,13H,1-2,5,8-12,20H2,(H,21,25);1H. The summed E-state index contributed by atoms with van der Waals surface area (Å²) >= 11 is 1.45. The summed E-state index contributed by atoms with van der Waals surface area (Å²) in [5.74, 6) is 0.0122. The van der Waals surface area contributed by atoms with Gasteiger partial charge in [-0.1, -0.05) is 12.1 Å². The molecular weight excluding hydrogens is 384 g/mol. The molecule has 1 aliphatic rings. The summed E-state index contributed by atoms with van der Waals surface area (Å²) in [5.41, 5.74) is 7.73. The summed E-state index contributed by atoms with van der Waals surface area (Å²) in [5, 5.41) is 5.47. The Morgan fingerprint density at radius 3 is 2.52 bits per heavy atom. The van der Waals surface area contributed by atoms with E-state index in [-0.39, 0.29) is 24.2 Å². The quantitative estimate of drug-likeness (QED) is 0.737. The third-order valence-electron chi connectivity index (χ3n) is 4.44. The second kappa shape index (κ2) is 10.4. The largest absolute Gasteiger partial charge is 0.343 e. The maximum absolute atomic E-state index is 12.2. The number of halogens is 1. The van der Waals surface area contributed by atoms with Gasteiger partial charge in [0.25, 0.3) is 5.91 Å². The van der Waals surface area contributed by atoms with E-state index in [2.05, 4.69) is 10.3 Å². The minimum Gasteiger partial charge on any atom is -0.343 e. The van der Waals surface area contributed by atoms with Gasteiger partial charge < -0.3 is 16.0 Å². The van der Waals surface area contributed by atoms with Gasteiger partial charge in [-0.25, -0.2) is 4.98 Å². The summed E-state index contributed by atoms with van der Waals surface area (Å²) in [7, 11) is 0. The van der Waals surface area contributed by atoms with Crippen molar-refractivity contribution in [2.75, 3.05) is 25.0 Å². The summed E-state index contributed by atoms with van der Waals surface area (Å²) < 4.78 is 0. The monoisotopic (exact) mass is 408 g/mol. The molecule has 146 valence electrons. The van der Waals surface area contributed by atoms with E-state index >= 15 is 0 Å². The lowest BCUT2D eigenvalue weighted by Gasteiger charge is -2.15. The van der Waals surface area contributed by atoms with E-state index in [0.29, 0.717) is 25.1 Å². The van der Waals surface area contributed by atoms with Gasteiger partial charge in [0.05, 0.1) is 5.01 Å². The molecule has 1 saturated heterocycles. The first-order valence-electron chi connectivity index (χ1n) is 8.98. The maximum Gasteiger partial charge on any atom is 0.275 e. The van der Waals surface area contributed by atoms with Crippen molar-refractivity contribution in [1.29, 1.82) is 0 Å². The van der Waals surface area contributed by atoms with Crippen LogP contribution in [0.15, 0.2) is 29.6 Å². The van der Waals surface area contributed by atoms with Gasteiger partial charge in [0.15, 0.2) is 0 Å². The molecule has 1 aromatic heterocycles. The van der Waals surface area contributed by atoms with Crippen LogP contribution < -0.4 is 11.1 Å². The van der Waals surface area contributed by atoms with Crippen molar-refractivity contribution in [1.82, 2.24) is 9.88 Å². The second-order valence-corrected chi connectivity index (χ2v) is 7.35. The van der Waals surface area contributed by atoms with Crippen molar-refractivity contribution in [3.63, 3.8) is 0 Å². The van der Waals surface area contributed by atoms with Gasteiger partial charge in [-0.05, 0) is 43.5 Å². The first kappa shape index (κ1) is 21.3. The molecule has 3 rings (SSSR count). The van der Waals surface area contributed by atoms with Crippen LogP contribution in [0.5, 0.6) is 0 Å². The topological polar surface area (TPSA) is 88.3 Å². The van der Waals surface area contributed by atoms with Crippen LogP contribution in [0.25, 0.3) is 0 Å². The van der Waals surface area contributed by atoms with E-state index in [9.17, 15) is 9.59 Å². The van der Waals surface area contributed by atoms with Crippen molar-refractivity contribution in [2.45, 2.75) is 32.1 Å². The number of thiazole rings is 1. The molecule has 1 aromatic carbocycles. The molecule has 0 atom stereocenters. The highest BCUT2D eigenvalue weighted by Crippen LogP contribution is 2.16. The number of anilines is 1. The van der Waals surface area contributed by atoms with Crippen LogP contribution >= 0.6 is 23.7 Å². The molecule has 8 heteroatoms. The zero-order chi connectivity index (χ0) is 18.4. The van der Waals surface area contributed by atoms with Crippen LogP contribution in [-0.2, 0) is 17.6 Å². The highest BCUT2D eigenvalue weighted by Gasteiger charge is 2.17. The molecule has 0 unspecified atom stereocenters. The number of benzene rings is 1. The first-order chi connectivity index (χ1) is 12.7. The van der Waals surface area contributed by atoms with E-state index in [1.165, 1.54) is 11.3 Å². The average Bonchev–Trinajstić information content (AvgIpc) is 3.33. The number of aromatic nitrogens is 1. The van der Waals surface area contributed by atoms with Crippen LogP contribution in [0.4, 0.5) is 5.69 Å². The highest BCUT2D eigenvalue weighted by molar-refractivity contribution is 7.09. The van der Waals surface area contributed by atoms with E-state index < -0.39 is 0 Å². The fourth-order valence-corrected chi connectivity index (χ4v) is 3.77. The van der Waals surface area contributed by atoms with Crippen molar-refractivity contribution in [3.8, 4) is 0 Å². The number of carbonyl (C=O) groups is 2. The molecule has 27 heavy (non-hydrogen) atoms. The molecule has 2 aromatic rings. The summed E-state index contributed by atoms with van der Waals surface area (Å²) in [6.45, 7) is 2.32. The SMILES string of the molecule is Cl.NCCc1nc(C(=O)Nc2ccc(CCC(=O)N3CCCC3)cc2)cs1. The van der Waals surface area contributed by atoms with Crippen LogP contribution in [-0.4, -0.2) is 41.3 Å². The summed E-state index contributed by atoms with van der Waals surface area (Å²) in [4.78, 5) is 30.6. The lowest BCUT2D eigenvalue weighted by atomic mass is 10.1. The van der Waals surface area contributed by atoms with Crippen LogP contribution in [0.1, 0.15) is 40.3 Å². The lowest BCUT2D eigenvalue weighted by molar-refractivity contribution is -0.130. The number of likely N-dealkylation sites (tertiary alicyclic amines) is 1. The zero-order valence-electron chi connectivity index (χ0n) is 15.1. The molecule has 1 fully saturated rings. The molecule has 2 heterocycles. The Kier molecular flexibility index (Phi) is 8.22. The Bertz CT molecular complexity index is 757. The van der Waals surface area contributed by atoms with Gasteiger partial charge in [0, 0.05) is 37.0 Å². The number of amides is 2. The number of nitrogens with two attached hydrogens (primary N) is 1. The van der Waals surface area contributed by atoms with E-state index in [0.717, 1.165) is 48.6 Å². The predicted molar refractivity (Wildman–Crippen MR) is 111 cm³/mol. The molecule has 0 bridgehead atoms. The predicted octanol–water partition coefficient (Wildman–Crippen LogP) is 2.87. The minimum absolute atomic E-state index is 0. The first-order valence-corrected chi connectivity index (χ1v) is 9.86. The number of hydrogen-bond donors (Lipinski definition) is 2. The number of hydrogen-bond acceptors (Lipinski definition) is 5.